The third-order valence-electron chi connectivity index (χ3n) is 5.02. The van der Waals surface area contributed by atoms with Crippen molar-refractivity contribution in [1.29, 1.82) is 0 Å². The summed E-state index contributed by atoms with van der Waals surface area (Å²) < 4.78 is 8.76. The fourth-order valence-corrected chi connectivity index (χ4v) is 5.02. The van der Waals surface area contributed by atoms with Crippen LogP contribution in [0.25, 0.3) is 5.57 Å². The van der Waals surface area contributed by atoms with E-state index in [9.17, 15) is 9.59 Å². The minimum Gasteiger partial charge on any atom is -0.494 e. The molecule has 152 valence electrons. The molecule has 1 aromatic heterocycles. The number of amides is 1. The van der Waals surface area contributed by atoms with Crippen molar-refractivity contribution in [1.82, 2.24) is 4.57 Å². The average molecular weight is 532 g/mol. The average Bonchev–Trinajstić information content (AvgIpc) is 3.24. The maximum absolute atomic E-state index is 13.3. The normalized spacial score (nSPS) is 16.6. The summed E-state index contributed by atoms with van der Waals surface area (Å²) in [6.45, 7) is 3.29. The van der Waals surface area contributed by atoms with Gasteiger partial charge >= 0.3 is 0 Å². The molecule has 30 heavy (non-hydrogen) atoms. The van der Waals surface area contributed by atoms with Crippen molar-refractivity contribution < 1.29 is 9.53 Å². The zero-order valence-corrected chi connectivity index (χ0v) is 19.0. The topological polar surface area (TPSA) is 75.9 Å². The Hall–Kier alpha value is -2.66. The van der Waals surface area contributed by atoms with Gasteiger partial charge in [0.25, 0.3) is 11.5 Å². The Morgan fingerprint density at radius 2 is 2.00 bits per heavy atom. The Morgan fingerprint density at radius 1 is 1.20 bits per heavy atom. The second-order valence-electron chi connectivity index (χ2n) is 6.87. The van der Waals surface area contributed by atoms with Crippen LogP contribution in [0.4, 0.5) is 11.4 Å². The predicted molar refractivity (Wildman–Crippen MR) is 125 cm³/mol. The van der Waals surface area contributed by atoms with E-state index in [1.54, 1.807) is 10.6 Å². The number of hydrogen-bond acceptors (Lipinski definition) is 6. The molecule has 7 nitrogen and oxygen atoms in total. The first-order valence-electron chi connectivity index (χ1n) is 9.42. The number of hydrogen-bond donors (Lipinski definition) is 1. The molecule has 9 heteroatoms. The lowest BCUT2D eigenvalue weighted by Crippen LogP contribution is -2.43. The number of carbonyl (C=O) groups is 1. The van der Waals surface area contributed by atoms with Gasteiger partial charge < -0.3 is 15.0 Å². The quantitative estimate of drug-likeness (QED) is 0.525. The van der Waals surface area contributed by atoms with E-state index in [4.69, 9.17) is 4.74 Å². The number of rotatable bonds is 3. The molecule has 5 rings (SSSR count). The molecule has 0 fully saturated rings. The van der Waals surface area contributed by atoms with Gasteiger partial charge in [0.05, 0.1) is 12.2 Å². The fourth-order valence-electron chi connectivity index (χ4n) is 3.60. The van der Waals surface area contributed by atoms with Crippen molar-refractivity contribution >= 4 is 56.8 Å². The first kappa shape index (κ1) is 19.3. The lowest BCUT2D eigenvalue weighted by molar-refractivity contribution is -0.110. The third-order valence-corrected chi connectivity index (χ3v) is 6.85. The van der Waals surface area contributed by atoms with Crippen molar-refractivity contribution in [2.75, 3.05) is 23.5 Å². The number of fused-ring (bicyclic) bond motifs is 2. The molecule has 0 unspecified atom stereocenters. The van der Waals surface area contributed by atoms with Gasteiger partial charge in [-0.25, -0.2) is 4.99 Å². The number of thiazole rings is 1. The van der Waals surface area contributed by atoms with Crippen molar-refractivity contribution in [2.45, 2.75) is 13.6 Å². The van der Waals surface area contributed by atoms with E-state index >= 15 is 0 Å². The zero-order valence-electron chi connectivity index (χ0n) is 16.0. The van der Waals surface area contributed by atoms with E-state index < -0.39 is 0 Å². The summed E-state index contributed by atoms with van der Waals surface area (Å²) in [4.78, 5) is 33.2. The molecule has 1 N–H and O–H groups in total. The lowest BCUT2D eigenvalue weighted by Gasteiger charge is -2.25. The molecule has 3 aromatic rings. The molecule has 0 saturated carbocycles. The van der Waals surface area contributed by atoms with Gasteiger partial charge in [0.2, 0.25) is 0 Å². The van der Waals surface area contributed by atoms with Crippen LogP contribution in [-0.4, -0.2) is 23.7 Å². The zero-order chi connectivity index (χ0) is 20.8. The second kappa shape index (κ2) is 7.55. The first-order valence-corrected chi connectivity index (χ1v) is 11.3. The number of nitrogens with zero attached hydrogens (tertiary/aromatic N) is 3. The summed E-state index contributed by atoms with van der Waals surface area (Å²) in [5.74, 6) is 0.394. The van der Waals surface area contributed by atoms with Crippen LogP contribution in [0.15, 0.2) is 52.3 Å². The molecule has 0 spiro atoms. The Bertz CT molecular complexity index is 1340. The van der Waals surface area contributed by atoms with Crippen LogP contribution in [0.3, 0.4) is 0 Å². The van der Waals surface area contributed by atoms with Crippen molar-refractivity contribution in [3.05, 3.63) is 71.3 Å². The highest BCUT2D eigenvalue weighted by molar-refractivity contribution is 14.1. The molecule has 0 atom stereocenters. The Kier molecular flexibility index (Phi) is 4.86. The largest absolute Gasteiger partial charge is 0.494 e. The molecule has 2 aliphatic heterocycles. The third kappa shape index (κ3) is 3.21. The highest BCUT2D eigenvalue weighted by atomic mass is 127. The van der Waals surface area contributed by atoms with Crippen LogP contribution in [-0.2, 0) is 11.5 Å². The van der Waals surface area contributed by atoms with Crippen LogP contribution in [0, 0.1) is 3.57 Å². The SMILES string of the molecule is CCOc1ccc2c(c1)/C(=c1/sc3n(c1=O)CN(c1ccc(I)cc1)CN=3)C(=O)N2. The number of carbonyl (C=O) groups excluding carboxylic acids is 1. The number of benzene rings is 2. The number of nitrogens with one attached hydrogen (secondary N) is 1. The number of ether oxygens (including phenoxy) is 1. The summed E-state index contributed by atoms with van der Waals surface area (Å²) >= 11 is 3.52. The van der Waals surface area contributed by atoms with E-state index in [0.29, 0.717) is 51.9 Å². The van der Waals surface area contributed by atoms with Crippen LogP contribution in [0.1, 0.15) is 12.5 Å². The number of halogens is 1. The molecule has 1 amide bonds. The molecular weight excluding hydrogens is 515 g/mol. The van der Waals surface area contributed by atoms with Gasteiger partial charge in [-0.1, -0.05) is 11.3 Å². The van der Waals surface area contributed by atoms with E-state index in [0.717, 1.165) is 9.26 Å². The van der Waals surface area contributed by atoms with E-state index in [2.05, 4.69) is 32.9 Å². The van der Waals surface area contributed by atoms with Gasteiger partial charge in [0.1, 0.15) is 23.6 Å². The number of aromatic nitrogens is 1. The summed E-state index contributed by atoms with van der Waals surface area (Å²) in [6, 6.07) is 13.5. The minimum absolute atomic E-state index is 0.200. The molecule has 0 bridgehead atoms. The Labute approximate surface area is 189 Å². The van der Waals surface area contributed by atoms with Gasteiger partial charge in [0, 0.05) is 20.5 Å². The van der Waals surface area contributed by atoms with Crippen molar-refractivity contribution in [2.24, 2.45) is 4.99 Å². The van der Waals surface area contributed by atoms with Crippen molar-refractivity contribution in [3.8, 4) is 5.75 Å². The Morgan fingerprint density at radius 3 is 2.77 bits per heavy atom. The van der Waals surface area contributed by atoms with Crippen LogP contribution < -0.4 is 29.8 Å². The molecule has 0 radical (unpaired) electrons. The van der Waals surface area contributed by atoms with Crippen LogP contribution >= 0.6 is 33.9 Å². The fraction of sp³-hybridized carbons (Fsp3) is 0.190. The maximum Gasteiger partial charge on any atom is 0.272 e. The monoisotopic (exact) mass is 532 g/mol. The summed E-state index contributed by atoms with van der Waals surface area (Å²) in [6.07, 6.45) is 0. The first-order chi connectivity index (χ1) is 14.5. The minimum atomic E-state index is -0.274. The predicted octanol–water partition coefficient (Wildman–Crippen LogP) is 2.12. The van der Waals surface area contributed by atoms with Gasteiger partial charge in [0.15, 0.2) is 4.80 Å². The van der Waals surface area contributed by atoms with E-state index in [1.807, 2.05) is 48.2 Å². The summed E-state index contributed by atoms with van der Waals surface area (Å²) in [7, 11) is 0. The van der Waals surface area contributed by atoms with Crippen LogP contribution in [0.2, 0.25) is 0 Å². The molecule has 0 saturated heterocycles. The molecule has 2 aliphatic rings. The lowest BCUT2D eigenvalue weighted by atomic mass is 10.1. The van der Waals surface area contributed by atoms with E-state index in [1.165, 1.54) is 11.3 Å². The molecule has 3 heterocycles. The summed E-state index contributed by atoms with van der Waals surface area (Å²) in [5.41, 5.74) is 2.57. The highest BCUT2D eigenvalue weighted by Gasteiger charge is 2.28. The Balaban J connectivity index is 1.62. The van der Waals surface area contributed by atoms with Gasteiger partial charge in [-0.2, -0.15) is 0 Å². The number of anilines is 2. The standard InChI is InChI=1S/C21H17IN4O3S/c1-2-29-14-7-8-16-15(9-14)17(19(27)24-16)18-20(28)26-11-25(10-23-21(26)30-18)13-5-3-12(22)4-6-13/h3-9H,2,10-11H2,1H3,(H,24,27)/b18-17-. The maximum atomic E-state index is 13.3. The molecule has 0 aliphatic carbocycles. The second-order valence-corrected chi connectivity index (χ2v) is 9.10. The van der Waals surface area contributed by atoms with Gasteiger partial charge in [-0.05, 0) is 72.0 Å². The molecular formula is C21H17IN4O3S. The highest BCUT2D eigenvalue weighted by Crippen LogP contribution is 2.33. The van der Waals surface area contributed by atoms with Crippen molar-refractivity contribution in [3.63, 3.8) is 0 Å². The van der Waals surface area contributed by atoms with E-state index in [-0.39, 0.29) is 11.5 Å². The van der Waals surface area contributed by atoms with Gasteiger partial charge in [-0.15, -0.1) is 0 Å². The van der Waals surface area contributed by atoms with Crippen LogP contribution in [0.5, 0.6) is 5.75 Å². The molecule has 2 aromatic carbocycles. The summed E-state index contributed by atoms with van der Waals surface area (Å²) in [5, 5.41) is 2.85. The smallest absolute Gasteiger partial charge is 0.272 e. The van der Waals surface area contributed by atoms with Gasteiger partial charge in [-0.3, -0.25) is 14.2 Å².